The second-order valence-corrected chi connectivity index (χ2v) is 6.19. The number of hydrogen-bond donors (Lipinski definition) is 1. The second-order valence-electron chi connectivity index (χ2n) is 5.26. The Morgan fingerprint density at radius 1 is 1.47 bits per heavy atom. The fraction of sp³-hybridized carbons (Fsp3) is 0.615. The smallest absolute Gasteiger partial charge is 0.246 e. The molecule has 1 aromatic rings. The van der Waals surface area contributed by atoms with Gasteiger partial charge in [-0.3, -0.25) is 9.59 Å². The van der Waals surface area contributed by atoms with Gasteiger partial charge in [0.1, 0.15) is 17.6 Å². The van der Waals surface area contributed by atoms with E-state index in [0.717, 1.165) is 5.01 Å². The van der Waals surface area contributed by atoms with Crippen LogP contribution in [0.3, 0.4) is 0 Å². The molecule has 19 heavy (non-hydrogen) atoms. The third-order valence-electron chi connectivity index (χ3n) is 3.21. The van der Waals surface area contributed by atoms with Gasteiger partial charge < -0.3 is 10.2 Å². The van der Waals surface area contributed by atoms with Crippen LogP contribution in [-0.2, 0) is 9.59 Å². The fourth-order valence-corrected chi connectivity index (χ4v) is 2.97. The molecule has 104 valence electrons. The number of carbonyl (C=O) groups excluding carboxylic acids is 2. The van der Waals surface area contributed by atoms with E-state index in [9.17, 15) is 9.59 Å². The third-order valence-corrected chi connectivity index (χ3v) is 4.16. The van der Waals surface area contributed by atoms with Crippen molar-refractivity contribution < 1.29 is 9.59 Å². The van der Waals surface area contributed by atoms with Crippen LogP contribution in [0.25, 0.3) is 0 Å². The van der Waals surface area contributed by atoms with Crippen molar-refractivity contribution in [2.45, 2.75) is 39.3 Å². The number of piperazine rings is 1. The van der Waals surface area contributed by atoms with Crippen molar-refractivity contribution in [2.24, 2.45) is 5.92 Å². The number of nitrogens with one attached hydrogen (secondary N) is 1. The third kappa shape index (κ3) is 3.12. The van der Waals surface area contributed by atoms with Gasteiger partial charge in [-0.1, -0.05) is 13.8 Å². The Bertz CT molecular complexity index is 458. The maximum absolute atomic E-state index is 12.4. The molecule has 2 amide bonds. The van der Waals surface area contributed by atoms with E-state index in [1.165, 1.54) is 11.3 Å². The van der Waals surface area contributed by atoms with Gasteiger partial charge in [0.05, 0.1) is 6.04 Å². The Hall–Kier alpha value is -1.43. The zero-order valence-corrected chi connectivity index (χ0v) is 12.2. The van der Waals surface area contributed by atoms with E-state index in [0.29, 0.717) is 12.3 Å². The molecule has 6 heteroatoms. The van der Waals surface area contributed by atoms with E-state index in [-0.39, 0.29) is 24.4 Å². The molecule has 2 atom stereocenters. The summed E-state index contributed by atoms with van der Waals surface area (Å²) in [5.74, 6) is 0.272. The predicted octanol–water partition coefficient (Wildman–Crippen LogP) is 1.58. The molecule has 2 rings (SSSR count). The summed E-state index contributed by atoms with van der Waals surface area (Å²) in [5.41, 5.74) is 0. The SMILES string of the molecule is CC(C)CC1NC(=O)CN(C(C)c2nccs2)C1=O. The fourth-order valence-electron chi connectivity index (χ4n) is 2.27. The first-order chi connectivity index (χ1) is 8.99. The van der Waals surface area contributed by atoms with Crippen molar-refractivity contribution in [1.82, 2.24) is 15.2 Å². The predicted molar refractivity (Wildman–Crippen MR) is 73.6 cm³/mol. The van der Waals surface area contributed by atoms with Crippen LogP contribution in [0.2, 0.25) is 0 Å². The lowest BCUT2D eigenvalue weighted by Gasteiger charge is -2.36. The van der Waals surface area contributed by atoms with E-state index in [1.54, 1.807) is 11.1 Å². The molecule has 1 saturated heterocycles. The Kier molecular flexibility index (Phi) is 4.19. The van der Waals surface area contributed by atoms with Crippen molar-refractivity contribution in [1.29, 1.82) is 0 Å². The van der Waals surface area contributed by atoms with Crippen LogP contribution in [0.15, 0.2) is 11.6 Å². The number of rotatable bonds is 4. The summed E-state index contributed by atoms with van der Waals surface area (Å²) in [6.07, 6.45) is 2.39. The molecule has 1 N–H and O–H groups in total. The molecule has 0 radical (unpaired) electrons. The lowest BCUT2D eigenvalue weighted by Crippen LogP contribution is -2.58. The highest BCUT2D eigenvalue weighted by molar-refractivity contribution is 7.09. The molecular formula is C13H19N3O2S. The van der Waals surface area contributed by atoms with E-state index >= 15 is 0 Å². The first-order valence-electron chi connectivity index (χ1n) is 6.48. The Labute approximate surface area is 117 Å². The van der Waals surface area contributed by atoms with Crippen molar-refractivity contribution >= 4 is 23.2 Å². The molecule has 2 heterocycles. The molecule has 0 bridgehead atoms. The normalized spacial score (nSPS) is 21.7. The maximum Gasteiger partial charge on any atom is 0.246 e. The highest BCUT2D eigenvalue weighted by Gasteiger charge is 2.36. The summed E-state index contributed by atoms with van der Waals surface area (Å²) in [7, 11) is 0. The van der Waals surface area contributed by atoms with Gasteiger partial charge in [0.2, 0.25) is 11.8 Å². The van der Waals surface area contributed by atoms with E-state index < -0.39 is 6.04 Å². The zero-order valence-electron chi connectivity index (χ0n) is 11.4. The lowest BCUT2D eigenvalue weighted by molar-refractivity contribution is -0.146. The molecule has 1 aliphatic rings. The number of amides is 2. The first-order valence-corrected chi connectivity index (χ1v) is 7.36. The summed E-state index contributed by atoms with van der Waals surface area (Å²) in [4.78, 5) is 30.1. The van der Waals surface area contributed by atoms with E-state index in [4.69, 9.17) is 0 Å². The zero-order chi connectivity index (χ0) is 14.0. The number of carbonyl (C=O) groups is 2. The van der Waals surface area contributed by atoms with Crippen LogP contribution in [0, 0.1) is 5.92 Å². The number of thiazole rings is 1. The standard InChI is InChI=1S/C13H19N3O2S/c1-8(2)6-10-13(18)16(7-11(17)15-10)9(3)12-14-4-5-19-12/h4-5,8-10H,6-7H2,1-3H3,(H,15,17). The molecular weight excluding hydrogens is 262 g/mol. The molecule has 5 nitrogen and oxygen atoms in total. The van der Waals surface area contributed by atoms with Crippen LogP contribution >= 0.6 is 11.3 Å². The van der Waals surface area contributed by atoms with Crippen molar-refractivity contribution in [2.75, 3.05) is 6.54 Å². The van der Waals surface area contributed by atoms with Gasteiger partial charge in [0, 0.05) is 11.6 Å². The molecule has 0 saturated carbocycles. The molecule has 1 fully saturated rings. The molecule has 2 unspecified atom stereocenters. The number of hydrogen-bond acceptors (Lipinski definition) is 4. The monoisotopic (exact) mass is 281 g/mol. The van der Waals surface area contributed by atoms with E-state index in [2.05, 4.69) is 10.3 Å². The van der Waals surface area contributed by atoms with Crippen LogP contribution in [0.1, 0.15) is 38.2 Å². The molecule has 1 aromatic heterocycles. The molecule has 1 aliphatic heterocycles. The highest BCUT2D eigenvalue weighted by atomic mass is 32.1. The van der Waals surface area contributed by atoms with Crippen molar-refractivity contribution in [3.05, 3.63) is 16.6 Å². The number of nitrogens with zero attached hydrogens (tertiary/aromatic N) is 2. The summed E-state index contributed by atoms with van der Waals surface area (Å²) in [5, 5.41) is 5.53. The second kappa shape index (κ2) is 5.69. The minimum absolute atomic E-state index is 0.00370. The Balaban J connectivity index is 2.15. The number of aromatic nitrogens is 1. The van der Waals surface area contributed by atoms with Crippen molar-refractivity contribution in [3.63, 3.8) is 0 Å². The minimum Gasteiger partial charge on any atom is -0.343 e. The summed E-state index contributed by atoms with van der Waals surface area (Å²) >= 11 is 1.51. The molecule has 0 aliphatic carbocycles. The topological polar surface area (TPSA) is 62.3 Å². The first kappa shape index (κ1) is 14.0. The van der Waals surface area contributed by atoms with Crippen LogP contribution < -0.4 is 5.32 Å². The Morgan fingerprint density at radius 3 is 2.79 bits per heavy atom. The quantitative estimate of drug-likeness (QED) is 0.911. The maximum atomic E-state index is 12.4. The van der Waals surface area contributed by atoms with Gasteiger partial charge in [-0.05, 0) is 19.3 Å². The van der Waals surface area contributed by atoms with Gasteiger partial charge >= 0.3 is 0 Å². The van der Waals surface area contributed by atoms with Gasteiger partial charge in [0.15, 0.2) is 0 Å². The van der Waals surface area contributed by atoms with Gasteiger partial charge in [-0.15, -0.1) is 11.3 Å². The highest BCUT2D eigenvalue weighted by Crippen LogP contribution is 2.25. The molecule has 0 aromatic carbocycles. The Morgan fingerprint density at radius 2 is 2.21 bits per heavy atom. The van der Waals surface area contributed by atoms with Crippen LogP contribution in [0.4, 0.5) is 0 Å². The van der Waals surface area contributed by atoms with Gasteiger partial charge in [0.25, 0.3) is 0 Å². The molecule has 0 spiro atoms. The lowest BCUT2D eigenvalue weighted by atomic mass is 10.00. The average molecular weight is 281 g/mol. The largest absolute Gasteiger partial charge is 0.343 e. The van der Waals surface area contributed by atoms with Gasteiger partial charge in [-0.25, -0.2) is 4.98 Å². The van der Waals surface area contributed by atoms with Crippen molar-refractivity contribution in [3.8, 4) is 0 Å². The minimum atomic E-state index is -0.399. The van der Waals surface area contributed by atoms with Gasteiger partial charge in [-0.2, -0.15) is 0 Å². The summed E-state index contributed by atoms with van der Waals surface area (Å²) < 4.78 is 0. The summed E-state index contributed by atoms with van der Waals surface area (Å²) in [6, 6.07) is -0.545. The average Bonchev–Trinajstić information content (AvgIpc) is 2.85. The van der Waals surface area contributed by atoms with E-state index in [1.807, 2.05) is 26.2 Å². The van der Waals surface area contributed by atoms with Crippen LogP contribution in [0.5, 0.6) is 0 Å². The summed E-state index contributed by atoms with van der Waals surface area (Å²) in [6.45, 7) is 6.13. The van der Waals surface area contributed by atoms with Crippen LogP contribution in [-0.4, -0.2) is 34.3 Å².